The van der Waals surface area contributed by atoms with E-state index < -0.39 is 0 Å². The van der Waals surface area contributed by atoms with E-state index in [4.69, 9.17) is 0 Å². The van der Waals surface area contributed by atoms with Gasteiger partial charge in [-0.05, 0) is 37.8 Å². The Morgan fingerprint density at radius 2 is 1.94 bits per heavy atom. The second-order valence-electron chi connectivity index (χ2n) is 4.36. The molecule has 1 N–H and O–H groups in total. The van der Waals surface area contributed by atoms with Crippen molar-refractivity contribution in [2.45, 2.75) is 25.7 Å². The van der Waals surface area contributed by atoms with Gasteiger partial charge in [-0.25, -0.2) is 4.39 Å². The van der Waals surface area contributed by atoms with Gasteiger partial charge in [-0.1, -0.05) is 12.1 Å². The first-order chi connectivity index (χ1) is 8.27. The van der Waals surface area contributed by atoms with Crippen LogP contribution in [0.25, 0.3) is 5.69 Å². The van der Waals surface area contributed by atoms with E-state index in [9.17, 15) is 9.18 Å². The van der Waals surface area contributed by atoms with E-state index in [1.165, 1.54) is 6.07 Å². The van der Waals surface area contributed by atoms with Gasteiger partial charge < -0.3 is 0 Å². The van der Waals surface area contributed by atoms with Crippen molar-refractivity contribution < 1.29 is 4.39 Å². The smallest absolute Gasteiger partial charge is 0.267 e. The lowest BCUT2D eigenvalue weighted by molar-refractivity contribution is 0.597. The van der Waals surface area contributed by atoms with Crippen molar-refractivity contribution in [3.63, 3.8) is 0 Å². The lowest BCUT2D eigenvalue weighted by Crippen LogP contribution is -2.10. The third-order valence-electron chi connectivity index (χ3n) is 3.29. The predicted octanol–water partition coefficient (Wildman–Crippen LogP) is 2.18. The Hall–Kier alpha value is -1.84. The number of rotatable bonds is 1. The summed E-state index contributed by atoms with van der Waals surface area (Å²) in [7, 11) is 0. The number of H-pyrrole nitrogens is 1. The molecule has 0 saturated carbocycles. The molecule has 0 spiro atoms. The van der Waals surface area contributed by atoms with Crippen LogP contribution in [0.1, 0.15) is 24.1 Å². The number of hydrogen-bond acceptors (Lipinski definition) is 1. The topological polar surface area (TPSA) is 37.8 Å². The summed E-state index contributed by atoms with van der Waals surface area (Å²) in [4.78, 5) is 11.8. The van der Waals surface area contributed by atoms with Crippen molar-refractivity contribution >= 4 is 0 Å². The number of nitrogens with zero attached hydrogens (tertiary/aromatic N) is 1. The highest BCUT2D eigenvalue weighted by Crippen LogP contribution is 2.22. The van der Waals surface area contributed by atoms with Crippen molar-refractivity contribution in [2.75, 3.05) is 0 Å². The molecule has 0 fully saturated rings. The fourth-order valence-electron chi connectivity index (χ4n) is 2.46. The Bertz CT molecular complexity index is 612. The molecule has 0 unspecified atom stereocenters. The molecule has 0 saturated heterocycles. The summed E-state index contributed by atoms with van der Waals surface area (Å²) >= 11 is 0. The van der Waals surface area contributed by atoms with Gasteiger partial charge in [0.05, 0.1) is 5.69 Å². The van der Waals surface area contributed by atoms with Crippen LogP contribution in [0.4, 0.5) is 4.39 Å². The number of para-hydroxylation sites is 1. The van der Waals surface area contributed by atoms with Crippen LogP contribution in [-0.4, -0.2) is 9.78 Å². The van der Waals surface area contributed by atoms with Crippen LogP contribution in [0.2, 0.25) is 0 Å². The molecule has 0 aliphatic heterocycles. The maximum absolute atomic E-state index is 13.7. The quantitative estimate of drug-likeness (QED) is 0.804. The first-order valence-electron chi connectivity index (χ1n) is 5.85. The zero-order valence-electron chi connectivity index (χ0n) is 9.37. The molecule has 1 aliphatic rings. The Labute approximate surface area is 97.9 Å². The van der Waals surface area contributed by atoms with E-state index >= 15 is 0 Å². The highest BCUT2D eigenvalue weighted by Gasteiger charge is 2.20. The molecule has 88 valence electrons. The van der Waals surface area contributed by atoms with Crippen LogP contribution in [0, 0.1) is 5.82 Å². The molecule has 0 bridgehead atoms. The van der Waals surface area contributed by atoms with E-state index in [1.54, 1.807) is 22.9 Å². The molecule has 0 radical (unpaired) electrons. The molecule has 1 aliphatic carbocycles. The van der Waals surface area contributed by atoms with Gasteiger partial charge >= 0.3 is 0 Å². The number of benzene rings is 1. The minimum absolute atomic E-state index is 0.0806. The fraction of sp³-hybridized carbons (Fsp3) is 0.308. The Balaban J connectivity index is 2.22. The predicted molar refractivity (Wildman–Crippen MR) is 63.0 cm³/mol. The van der Waals surface area contributed by atoms with Gasteiger partial charge in [0.1, 0.15) is 5.82 Å². The van der Waals surface area contributed by atoms with Crippen LogP contribution in [0.3, 0.4) is 0 Å². The number of aromatic amines is 1. The summed E-state index contributed by atoms with van der Waals surface area (Å²) in [6, 6.07) is 6.50. The molecule has 17 heavy (non-hydrogen) atoms. The average molecular weight is 232 g/mol. The van der Waals surface area contributed by atoms with Crippen LogP contribution in [-0.2, 0) is 12.8 Å². The van der Waals surface area contributed by atoms with Crippen molar-refractivity contribution in [2.24, 2.45) is 0 Å². The third kappa shape index (κ3) is 1.60. The molecule has 4 heteroatoms. The standard InChI is InChI=1S/C13H13FN2O/c14-10-6-2-4-8-12(10)16-11-7-3-1-5-9(11)13(17)15-16/h2,4,6,8H,1,3,5,7H2,(H,15,17). The number of halogens is 1. The second kappa shape index (κ2) is 3.87. The summed E-state index contributed by atoms with van der Waals surface area (Å²) in [5.41, 5.74) is 2.10. The minimum Gasteiger partial charge on any atom is -0.268 e. The molecule has 3 rings (SSSR count). The highest BCUT2D eigenvalue weighted by atomic mass is 19.1. The summed E-state index contributed by atoms with van der Waals surface area (Å²) in [6.07, 6.45) is 3.73. The van der Waals surface area contributed by atoms with Crippen LogP contribution in [0.15, 0.2) is 29.1 Å². The van der Waals surface area contributed by atoms with E-state index in [0.29, 0.717) is 5.69 Å². The van der Waals surface area contributed by atoms with Crippen LogP contribution >= 0.6 is 0 Å². The number of nitrogens with one attached hydrogen (secondary N) is 1. The first-order valence-corrected chi connectivity index (χ1v) is 5.85. The zero-order chi connectivity index (χ0) is 11.8. The van der Waals surface area contributed by atoms with Gasteiger partial charge in [-0.15, -0.1) is 0 Å². The normalized spacial score (nSPS) is 14.6. The Kier molecular flexibility index (Phi) is 2.35. The number of hydrogen-bond donors (Lipinski definition) is 1. The lowest BCUT2D eigenvalue weighted by atomic mass is 9.98. The van der Waals surface area contributed by atoms with Gasteiger partial charge in [-0.2, -0.15) is 0 Å². The van der Waals surface area contributed by atoms with Gasteiger partial charge in [0, 0.05) is 11.3 Å². The molecule has 0 amide bonds. The average Bonchev–Trinajstić information content (AvgIpc) is 2.68. The molecule has 2 aromatic rings. The minimum atomic E-state index is -0.313. The maximum Gasteiger partial charge on any atom is 0.267 e. The van der Waals surface area contributed by atoms with Crippen molar-refractivity contribution in [1.29, 1.82) is 0 Å². The highest BCUT2D eigenvalue weighted by molar-refractivity contribution is 5.37. The Morgan fingerprint density at radius 1 is 1.18 bits per heavy atom. The van der Waals surface area contributed by atoms with Crippen molar-refractivity contribution in [3.05, 3.63) is 51.7 Å². The molecule has 1 heterocycles. The molecule has 1 aromatic heterocycles. The third-order valence-corrected chi connectivity index (χ3v) is 3.29. The number of fused-ring (bicyclic) bond motifs is 1. The van der Waals surface area contributed by atoms with E-state index in [-0.39, 0.29) is 11.4 Å². The molecule has 3 nitrogen and oxygen atoms in total. The second-order valence-corrected chi connectivity index (χ2v) is 4.36. The number of aromatic nitrogens is 2. The Morgan fingerprint density at radius 3 is 2.76 bits per heavy atom. The fourth-order valence-corrected chi connectivity index (χ4v) is 2.46. The molecule has 0 atom stereocenters. The summed E-state index contributed by atoms with van der Waals surface area (Å²) < 4.78 is 15.3. The largest absolute Gasteiger partial charge is 0.268 e. The van der Waals surface area contributed by atoms with Gasteiger partial charge in [0.2, 0.25) is 0 Å². The van der Waals surface area contributed by atoms with E-state index in [0.717, 1.165) is 36.9 Å². The zero-order valence-corrected chi connectivity index (χ0v) is 9.37. The monoisotopic (exact) mass is 232 g/mol. The van der Waals surface area contributed by atoms with Crippen molar-refractivity contribution in [1.82, 2.24) is 9.78 Å². The molecular weight excluding hydrogens is 219 g/mol. The van der Waals surface area contributed by atoms with Crippen molar-refractivity contribution in [3.8, 4) is 5.69 Å². The molecular formula is C13H13FN2O. The van der Waals surface area contributed by atoms with Crippen LogP contribution < -0.4 is 5.56 Å². The first kappa shape index (κ1) is 10.3. The van der Waals surface area contributed by atoms with E-state index in [2.05, 4.69) is 5.10 Å². The molecule has 1 aromatic carbocycles. The van der Waals surface area contributed by atoms with Gasteiger partial charge in [-0.3, -0.25) is 14.6 Å². The summed E-state index contributed by atoms with van der Waals surface area (Å²) in [5, 5.41) is 2.73. The lowest BCUT2D eigenvalue weighted by Gasteiger charge is -2.14. The van der Waals surface area contributed by atoms with Crippen LogP contribution in [0.5, 0.6) is 0 Å². The van der Waals surface area contributed by atoms with Gasteiger partial charge in [0.25, 0.3) is 5.56 Å². The summed E-state index contributed by atoms with van der Waals surface area (Å²) in [5.74, 6) is -0.313. The maximum atomic E-state index is 13.7. The van der Waals surface area contributed by atoms with E-state index in [1.807, 2.05) is 0 Å². The SMILES string of the molecule is O=c1[nH]n(-c2ccccc2F)c2c1CCCC2. The summed E-state index contributed by atoms with van der Waals surface area (Å²) in [6.45, 7) is 0. The van der Waals surface area contributed by atoms with Gasteiger partial charge in [0.15, 0.2) is 0 Å².